The minimum absolute atomic E-state index is 0.503. The van der Waals surface area contributed by atoms with Gasteiger partial charge in [-0.05, 0) is 18.2 Å². The SMILES string of the molecule is Cn1cncc1CCNc1nccc(/C(C#N)=C2\Nc3ccccc3S2)n1.O=C(O)C(F)(F)F.O=C(O)C(F)(F)F. The monoisotopic (exact) mass is 603 g/mol. The summed E-state index contributed by atoms with van der Waals surface area (Å²) in [7, 11) is 1.97. The molecule has 0 atom stereocenters. The predicted molar refractivity (Wildman–Crippen MR) is 133 cm³/mol. The number of thioether (sulfide) groups is 1. The van der Waals surface area contributed by atoms with E-state index in [0.29, 0.717) is 23.8 Å². The van der Waals surface area contributed by atoms with Gasteiger partial charge in [-0.15, -0.1) is 0 Å². The summed E-state index contributed by atoms with van der Waals surface area (Å²) < 4.78 is 65.5. The van der Waals surface area contributed by atoms with E-state index in [-0.39, 0.29) is 0 Å². The van der Waals surface area contributed by atoms with Crippen molar-refractivity contribution < 1.29 is 46.1 Å². The largest absolute Gasteiger partial charge is 0.490 e. The second-order valence-electron chi connectivity index (χ2n) is 7.58. The Labute approximate surface area is 231 Å². The van der Waals surface area contributed by atoms with Gasteiger partial charge < -0.3 is 25.4 Å². The maximum atomic E-state index is 10.6. The van der Waals surface area contributed by atoms with Crippen molar-refractivity contribution in [3.05, 3.63) is 65.5 Å². The van der Waals surface area contributed by atoms with Crippen molar-refractivity contribution in [2.75, 3.05) is 17.2 Å². The molecule has 3 heterocycles. The number of nitrogens with one attached hydrogen (secondary N) is 2. The maximum Gasteiger partial charge on any atom is 0.490 e. The smallest absolute Gasteiger partial charge is 0.475 e. The van der Waals surface area contributed by atoms with E-state index in [1.165, 1.54) is 0 Å². The molecule has 18 heteroatoms. The number of imidazole rings is 1. The molecule has 0 aliphatic carbocycles. The Kier molecular flexibility index (Phi) is 11.1. The van der Waals surface area contributed by atoms with E-state index in [4.69, 9.17) is 19.8 Å². The number of carboxylic acids is 2. The van der Waals surface area contributed by atoms with Crippen molar-refractivity contribution in [3.63, 3.8) is 0 Å². The number of alkyl halides is 6. The number of halogens is 6. The van der Waals surface area contributed by atoms with Gasteiger partial charge in [0.05, 0.1) is 22.7 Å². The molecule has 0 unspecified atom stereocenters. The van der Waals surface area contributed by atoms with E-state index >= 15 is 0 Å². The first-order valence-corrected chi connectivity index (χ1v) is 11.8. The second kappa shape index (κ2) is 14.0. The zero-order valence-electron chi connectivity index (χ0n) is 20.7. The summed E-state index contributed by atoms with van der Waals surface area (Å²) in [5.41, 5.74) is 3.24. The molecule has 0 radical (unpaired) electrons. The van der Waals surface area contributed by atoms with Gasteiger partial charge in [-0.1, -0.05) is 23.9 Å². The topological polar surface area (TPSA) is 166 Å². The zero-order valence-corrected chi connectivity index (χ0v) is 21.5. The Balaban J connectivity index is 0.000000349. The summed E-state index contributed by atoms with van der Waals surface area (Å²) in [5.74, 6) is -5.01. The fourth-order valence-corrected chi connectivity index (χ4v) is 3.77. The number of anilines is 2. The number of carboxylic acid groups (broad SMARTS) is 2. The molecule has 0 amide bonds. The van der Waals surface area contributed by atoms with Gasteiger partial charge in [0.2, 0.25) is 5.95 Å². The number of nitriles is 1. The van der Waals surface area contributed by atoms with Crippen LogP contribution in [0.15, 0.2) is 59.0 Å². The molecule has 0 spiro atoms. The van der Waals surface area contributed by atoms with E-state index in [0.717, 1.165) is 27.7 Å². The quantitative estimate of drug-likeness (QED) is 0.239. The zero-order chi connectivity index (χ0) is 30.8. The Hall–Kier alpha value is -4.79. The third-order valence-corrected chi connectivity index (χ3v) is 5.75. The van der Waals surface area contributed by atoms with Crippen LogP contribution in [0.2, 0.25) is 0 Å². The lowest BCUT2D eigenvalue weighted by atomic mass is 10.2. The molecule has 4 rings (SSSR count). The van der Waals surface area contributed by atoms with Crippen molar-refractivity contribution in [1.82, 2.24) is 19.5 Å². The number of allylic oxidation sites excluding steroid dienone is 1. The number of carbonyl (C=O) groups is 2. The maximum absolute atomic E-state index is 10.6. The molecular weight excluding hydrogens is 584 g/mol. The van der Waals surface area contributed by atoms with Crippen LogP contribution in [0.3, 0.4) is 0 Å². The third-order valence-electron chi connectivity index (χ3n) is 4.66. The first-order valence-electron chi connectivity index (χ1n) is 10.9. The van der Waals surface area contributed by atoms with Crippen molar-refractivity contribution in [3.8, 4) is 6.07 Å². The highest BCUT2D eigenvalue weighted by atomic mass is 32.2. The molecule has 0 bridgehead atoms. The predicted octanol–water partition coefficient (Wildman–Crippen LogP) is 4.54. The van der Waals surface area contributed by atoms with E-state index < -0.39 is 24.3 Å². The average molecular weight is 604 g/mol. The number of aliphatic carboxylic acids is 2. The van der Waals surface area contributed by atoms with Gasteiger partial charge in [0.25, 0.3) is 0 Å². The molecule has 41 heavy (non-hydrogen) atoms. The van der Waals surface area contributed by atoms with E-state index in [1.54, 1.807) is 30.4 Å². The first kappa shape index (κ1) is 32.4. The minimum Gasteiger partial charge on any atom is -0.475 e. The van der Waals surface area contributed by atoms with Crippen LogP contribution in [0.4, 0.5) is 38.0 Å². The number of hydrogen-bond acceptors (Lipinski definition) is 9. The number of benzene rings is 1. The minimum atomic E-state index is -5.08. The number of aromatic nitrogens is 4. The molecule has 2 aromatic heterocycles. The average Bonchev–Trinajstić information content (AvgIpc) is 3.50. The van der Waals surface area contributed by atoms with Gasteiger partial charge in [-0.25, -0.2) is 24.5 Å². The highest BCUT2D eigenvalue weighted by Crippen LogP contribution is 2.43. The first-order chi connectivity index (χ1) is 19.1. The normalized spacial score (nSPS) is 13.2. The Morgan fingerprint density at radius 1 is 1.10 bits per heavy atom. The molecule has 218 valence electrons. The van der Waals surface area contributed by atoms with Gasteiger partial charge >= 0.3 is 24.3 Å². The summed E-state index contributed by atoms with van der Waals surface area (Å²) in [5, 5.41) is 31.2. The van der Waals surface area contributed by atoms with Crippen LogP contribution in [-0.2, 0) is 23.1 Å². The van der Waals surface area contributed by atoms with Crippen LogP contribution in [0.5, 0.6) is 0 Å². The van der Waals surface area contributed by atoms with Crippen LogP contribution < -0.4 is 10.6 Å². The summed E-state index contributed by atoms with van der Waals surface area (Å²) >= 11 is 1.54. The van der Waals surface area contributed by atoms with E-state index in [1.807, 2.05) is 42.1 Å². The molecule has 4 N–H and O–H groups in total. The van der Waals surface area contributed by atoms with Crippen LogP contribution >= 0.6 is 11.8 Å². The van der Waals surface area contributed by atoms with Crippen LogP contribution in [0.1, 0.15) is 11.4 Å². The fraction of sp³-hybridized carbons (Fsp3) is 0.217. The molecule has 0 saturated heterocycles. The molecule has 1 aromatic carbocycles. The number of fused-ring (bicyclic) bond motifs is 1. The van der Waals surface area contributed by atoms with Crippen LogP contribution in [-0.4, -0.2) is 60.6 Å². The number of aryl methyl sites for hydroxylation is 1. The molecular formula is C23H19F6N7O4S. The fourth-order valence-electron chi connectivity index (χ4n) is 2.77. The highest BCUT2D eigenvalue weighted by molar-refractivity contribution is 8.04. The van der Waals surface area contributed by atoms with E-state index in [2.05, 4.69) is 31.7 Å². The van der Waals surface area contributed by atoms with E-state index in [9.17, 15) is 31.6 Å². The van der Waals surface area contributed by atoms with Crippen molar-refractivity contribution in [2.45, 2.75) is 23.7 Å². The molecule has 1 aliphatic rings. The number of para-hydroxylation sites is 1. The molecule has 1 aliphatic heterocycles. The summed E-state index contributed by atoms with van der Waals surface area (Å²) in [6, 6.07) is 12.0. The standard InChI is InChI=1S/C19H17N7S.2C2HF3O2/c1-26-12-21-11-13(26)6-8-22-19-23-9-7-15(25-19)14(10-20)18-24-16-4-2-3-5-17(16)27-18;2*3-2(4,5)1(6)7/h2-5,7,9,11-12,24H,6,8H2,1H3,(H,22,23,25);2*(H,6,7)/b18-14+;;. The molecule has 3 aromatic rings. The van der Waals surface area contributed by atoms with Crippen LogP contribution in [0, 0.1) is 11.3 Å². The van der Waals surface area contributed by atoms with Gasteiger partial charge in [0.15, 0.2) is 0 Å². The second-order valence-corrected chi connectivity index (χ2v) is 8.64. The van der Waals surface area contributed by atoms with Crippen molar-refractivity contribution in [1.29, 1.82) is 5.26 Å². The van der Waals surface area contributed by atoms with Crippen LogP contribution in [0.25, 0.3) is 5.57 Å². The highest BCUT2D eigenvalue weighted by Gasteiger charge is 2.38. The Morgan fingerprint density at radius 2 is 1.71 bits per heavy atom. The molecule has 0 saturated carbocycles. The Morgan fingerprint density at radius 3 is 2.22 bits per heavy atom. The summed E-state index contributed by atoms with van der Waals surface area (Å²) in [6.07, 6.45) is -4.07. The van der Waals surface area contributed by atoms with Gasteiger partial charge in [-0.3, -0.25) is 0 Å². The van der Waals surface area contributed by atoms with Gasteiger partial charge in [0.1, 0.15) is 11.6 Å². The summed E-state index contributed by atoms with van der Waals surface area (Å²) in [6.45, 7) is 0.680. The number of hydrogen-bond donors (Lipinski definition) is 4. The Bertz CT molecular complexity index is 1400. The van der Waals surface area contributed by atoms with Gasteiger partial charge in [-0.2, -0.15) is 31.6 Å². The lowest BCUT2D eigenvalue weighted by Crippen LogP contribution is -2.21. The lowest BCUT2D eigenvalue weighted by Gasteiger charge is -2.08. The lowest BCUT2D eigenvalue weighted by molar-refractivity contribution is -0.193. The van der Waals surface area contributed by atoms with Crippen molar-refractivity contribution in [2.24, 2.45) is 7.05 Å². The molecule has 11 nitrogen and oxygen atoms in total. The number of nitrogens with zero attached hydrogens (tertiary/aromatic N) is 5. The molecule has 0 fully saturated rings. The number of rotatable bonds is 5. The van der Waals surface area contributed by atoms with Gasteiger partial charge in [0, 0.05) is 43.0 Å². The summed E-state index contributed by atoms with van der Waals surface area (Å²) in [4.78, 5) is 31.8. The van der Waals surface area contributed by atoms with Crippen molar-refractivity contribution >= 4 is 40.9 Å². The third kappa shape index (κ3) is 10.0.